The molecule has 0 saturated heterocycles. The lowest BCUT2D eigenvalue weighted by atomic mass is 10.1. The second-order valence-electron chi connectivity index (χ2n) is 4.21. The first kappa shape index (κ1) is 15.2. The first-order chi connectivity index (χ1) is 8.81. The highest BCUT2D eigenvalue weighted by Gasteiger charge is 2.25. The minimum absolute atomic E-state index is 0.115. The Morgan fingerprint density at radius 2 is 2.05 bits per heavy atom. The molecule has 0 aliphatic rings. The smallest absolute Gasteiger partial charge is 0.318 e. The van der Waals surface area contributed by atoms with E-state index in [9.17, 15) is 14.0 Å². The average Bonchev–Trinajstić information content (AvgIpc) is 2.29. The van der Waals surface area contributed by atoms with Crippen molar-refractivity contribution in [3.8, 4) is 5.75 Å². The fraction of sp³-hybridized carbons (Fsp3) is 0.333. The molecular formula is C12H14ClFN2O3. The molecule has 19 heavy (non-hydrogen) atoms. The van der Waals surface area contributed by atoms with Gasteiger partial charge in [-0.25, -0.2) is 9.18 Å². The summed E-state index contributed by atoms with van der Waals surface area (Å²) in [5.74, 6) is -1.24. The van der Waals surface area contributed by atoms with Crippen molar-refractivity contribution >= 4 is 23.5 Å². The third-order valence-electron chi connectivity index (χ3n) is 2.26. The molecule has 1 aromatic carbocycles. The van der Waals surface area contributed by atoms with Crippen LogP contribution in [0.4, 0.5) is 9.18 Å². The molecule has 7 heteroatoms. The number of halogens is 2. The maximum Gasteiger partial charge on any atom is 0.318 e. The van der Waals surface area contributed by atoms with Gasteiger partial charge in [0.2, 0.25) is 0 Å². The first-order valence-electron chi connectivity index (χ1n) is 5.53. The molecule has 104 valence electrons. The number of ether oxygens (including phenoxy) is 1. The van der Waals surface area contributed by atoms with Gasteiger partial charge in [0, 0.05) is 6.07 Å². The molecule has 1 aromatic rings. The van der Waals surface area contributed by atoms with E-state index in [1.54, 1.807) is 13.8 Å². The zero-order valence-corrected chi connectivity index (χ0v) is 11.2. The van der Waals surface area contributed by atoms with Crippen molar-refractivity contribution in [2.45, 2.75) is 20.0 Å². The zero-order valence-electron chi connectivity index (χ0n) is 10.4. The number of benzene rings is 1. The van der Waals surface area contributed by atoms with E-state index >= 15 is 0 Å². The third kappa shape index (κ3) is 4.40. The molecule has 3 amide bonds. The molecule has 0 saturated carbocycles. The van der Waals surface area contributed by atoms with Gasteiger partial charge in [-0.2, -0.15) is 0 Å². The number of primary amides is 1. The first-order valence-corrected chi connectivity index (χ1v) is 5.91. The fourth-order valence-electron chi connectivity index (χ4n) is 1.38. The Morgan fingerprint density at radius 3 is 2.53 bits per heavy atom. The van der Waals surface area contributed by atoms with Gasteiger partial charge in [-0.05, 0) is 18.1 Å². The number of urea groups is 1. The van der Waals surface area contributed by atoms with E-state index < -0.39 is 23.9 Å². The second-order valence-corrected chi connectivity index (χ2v) is 4.62. The lowest BCUT2D eigenvalue weighted by Gasteiger charge is -2.21. The predicted octanol–water partition coefficient (Wildman–Crippen LogP) is 2.08. The van der Waals surface area contributed by atoms with Gasteiger partial charge in [0.1, 0.15) is 11.6 Å². The van der Waals surface area contributed by atoms with E-state index in [0.29, 0.717) is 0 Å². The van der Waals surface area contributed by atoms with Crippen LogP contribution < -0.4 is 15.8 Å². The normalized spacial score (nSPS) is 12.1. The molecule has 0 spiro atoms. The van der Waals surface area contributed by atoms with Crippen LogP contribution in [-0.2, 0) is 4.79 Å². The Bertz CT molecular complexity index is 494. The molecule has 1 rings (SSSR count). The summed E-state index contributed by atoms with van der Waals surface area (Å²) in [6, 6.07) is 2.76. The SMILES string of the molecule is CC(C)[C@H](Oc1ccc(F)c(Cl)c1)C(=O)NC(N)=O. The van der Waals surface area contributed by atoms with Gasteiger partial charge in [-0.1, -0.05) is 25.4 Å². The predicted molar refractivity (Wildman–Crippen MR) is 68.4 cm³/mol. The van der Waals surface area contributed by atoms with E-state index in [0.717, 1.165) is 6.07 Å². The number of amides is 3. The van der Waals surface area contributed by atoms with Crippen LogP contribution >= 0.6 is 11.6 Å². The number of carbonyl (C=O) groups is 2. The van der Waals surface area contributed by atoms with E-state index in [4.69, 9.17) is 22.1 Å². The highest BCUT2D eigenvalue weighted by atomic mass is 35.5. The minimum atomic E-state index is -0.962. The number of hydrogen-bond acceptors (Lipinski definition) is 3. The molecule has 0 aromatic heterocycles. The van der Waals surface area contributed by atoms with Gasteiger partial charge in [0.25, 0.3) is 5.91 Å². The zero-order chi connectivity index (χ0) is 14.6. The lowest BCUT2D eigenvalue weighted by molar-refractivity contribution is -0.128. The fourth-order valence-corrected chi connectivity index (χ4v) is 1.55. The second kappa shape index (κ2) is 6.38. The van der Waals surface area contributed by atoms with Crippen LogP contribution in [0, 0.1) is 11.7 Å². The van der Waals surface area contributed by atoms with Crippen molar-refractivity contribution in [1.29, 1.82) is 0 Å². The van der Waals surface area contributed by atoms with E-state index in [-0.39, 0.29) is 16.7 Å². The van der Waals surface area contributed by atoms with Crippen molar-refractivity contribution < 1.29 is 18.7 Å². The van der Waals surface area contributed by atoms with Gasteiger partial charge >= 0.3 is 6.03 Å². The van der Waals surface area contributed by atoms with Gasteiger partial charge in [0.15, 0.2) is 6.10 Å². The molecule has 3 N–H and O–H groups in total. The Balaban J connectivity index is 2.86. The Morgan fingerprint density at radius 1 is 1.42 bits per heavy atom. The van der Waals surface area contributed by atoms with Crippen molar-refractivity contribution in [1.82, 2.24) is 5.32 Å². The van der Waals surface area contributed by atoms with Gasteiger partial charge in [-0.15, -0.1) is 0 Å². The quantitative estimate of drug-likeness (QED) is 0.890. The maximum absolute atomic E-state index is 13.0. The van der Waals surface area contributed by atoms with Crippen molar-refractivity contribution in [3.05, 3.63) is 29.0 Å². The Labute approximate surface area is 114 Å². The molecule has 0 bridgehead atoms. The van der Waals surface area contributed by atoms with Crippen LogP contribution in [0.3, 0.4) is 0 Å². The molecule has 5 nitrogen and oxygen atoms in total. The van der Waals surface area contributed by atoms with Crippen molar-refractivity contribution in [2.75, 3.05) is 0 Å². The van der Waals surface area contributed by atoms with E-state index in [1.165, 1.54) is 12.1 Å². The van der Waals surface area contributed by atoms with Crippen LogP contribution in [-0.4, -0.2) is 18.0 Å². The molecule has 1 atom stereocenters. The molecule has 0 radical (unpaired) electrons. The monoisotopic (exact) mass is 288 g/mol. The van der Waals surface area contributed by atoms with Crippen LogP contribution in [0.15, 0.2) is 18.2 Å². The maximum atomic E-state index is 13.0. The number of nitrogens with one attached hydrogen (secondary N) is 1. The molecule has 0 aliphatic heterocycles. The molecule has 0 aliphatic carbocycles. The summed E-state index contributed by atoms with van der Waals surface area (Å²) < 4.78 is 18.4. The third-order valence-corrected chi connectivity index (χ3v) is 2.55. The topological polar surface area (TPSA) is 81.4 Å². The molecule has 0 unspecified atom stereocenters. The average molecular weight is 289 g/mol. The van der Waals surface area contributed by atoms with Crippen LogP contribution in [0.5, 0.6) is 5.75 Å². The summed E-state index contributed by atoms with van der Waals surface area (Å²) in [6.45, 7) is 3.47. The minimum Gasteiger partial charge on any atom is -0.480 e. The number of hydrogen-bond donors (Lipinski definition) is 2. The highest BCUT2D eigenvalue weighted by Crippen LogP contribution is 2.23. The summed E-state index contributed by atoms with van der Waals surface area (Å²) in [6.07, 6.45) is -0.936. The van der Waals surface area contributed by atoms with Gasteiger partial charge in [0.05, 0.1) is 5.02 Å². The summed E-state index contributed by atoms with van der Waals surface area (Å²) in [7, 11) is 0. The Kier molecular flexibility index (Phi) is 5.11. The molecule has 0 fully saturated rings. The van der Waals surface area contributed by atoms with Crippen LogP contribution in [0.1, 0.15) is 13.8 Å². The molecule has 0 heterocycles. The highest BCUT2D eigenvalue weighted by molar-refractivity contribution is 6.30. The standard InChI is InChI=1S/C12H14ClFN2O3/c1-6(2)10(11(17)16-12(15)18)19-7-3-4-9(14)8(13)5-7/h3-6,10H,1-2H3,(H3,15,16,17,18)/t10-/m0/s1. The number of rotatable bonds is 4. The Hall–Kier alpha value is -1.82. The van der Waals surface area contributed by atoms with Gasteiger partial charge in [-0.3, -0.25) is 10.1 Å². The van der Waals surface area contributed by atoms with Gasteiger partial charge < -0.3 is 10.5 Å². The summed E-state index contributed by atoms with van der Waals surface area (Å²) in [5, 5.41) is 1.82. The van der Waals surface area contributed by atoms with Crippen molar-refractivity contribution in [3.63, 3.8) is 0 Å². The van der Waals surface area contributed by atoms with Crippen molar-refractivity contribution in [2.24, 2.45) is 11.7 Å². The summed E-state index contributed by atoms with van der Waals surface area (Å²) in [4.78, 5) is 22.4. The van der Waals surface area contributed by atoms with E-state index in [1.807, 2.05) is 5.32 Å². The van der Waals surface area contributed by atoms with E-state index in [2.05, 4.69) is 0 Å². The number of nitrogens with two attached hydrogens (primary N) is 1. The number of imide groups is 1. The van der Waals surface area contributed by atoms with Crippen LogP contribution in [0.2, 0.25) is 5.02 Å². The lowest BCUT2D eigenvalue weighted by Crippen LogP contribution is -2.46. The summed E-state index contributed by atoms with van der Waals surface area (Å²) >= 11 is 5.61. The molecular weight excluding hydrogens is 275 g/mol. The summed E-state index contributed by atoms with van der Waals surface area (Å²) in [5.41, 5.74) is 4.87. The van der Waals surface area contributed by atoms with Crippen LogP contribution in [0.25, 0.3) is 0 Å². The number of carbonyl (C=O) groups excluding carboxylic acids is 2. The largest absolute Gasteiger partial charge is 0.480 e.